The summed E-state index contributed by atoms with van der Waals surface area (Å²) in [5, 5.41) is 3.08. The van der Waals surface area contributed by atoms with Gasteiger partial charge in [-0.15, -0.1) is 0 Å². The van der Waals surface area contributed by atoms with Crippen molar-refractivity contribution in [2.45, 2.75) is 25.8 Å². The van der Waals surface area contributed by atoms with E-state index in [0.29, 0.717) is 11.6 Å². The van der Waals surface area contributed by atoms with E-state index in [4.69, 9.17) is 0 Å². The van der Waals surface area contributed by atoms with Crippen LogP contribution in [0.2, 0.25) is 0 Å². The second kappa shape index (κ2) is 5.24. The summed E-state index contributed by atoms with van der Waals surface area (Å²) in [5.41, 5.74) is 2.56. The standard InChI is InChI=1S/C16H19N3O2/c1-10-7-8-11-5-3-4-6-12(11)14(10)18-15(20)13-9-17-16(21)19(13)2/h3-6,9-10,14H,7-8H2,1-2H3,(H,17,21)(H,18,20). The van der Waals surface area contributed by atoms with Crippen molar-refractivity contribution in [1.29, 1.82) is 0 Å². The van der Waals surface area contributed by atoms with Crippen molar-refractivity contribution < 1.29 is 4.79 Å². The van der Waals surface area contributed by atoms with Gasteiger partial charge in [0.05, 0.1) is 6.04 Å². The molecule has 0 fully saturated rings. The molecule has 0 aliphatic heterocycles. The number of benzene rings is 1. The number of aromatic nitrogens is 2. The zero-order valence-electron chi connectivity index (χ0n) is 12.2. The van der Waals surface area contributed by atoms with E-state index in [-0.39, 0.29) is 17.6 Å². The molecule has 0 radical (unpaired) electrons. The first kappa shape index (κ1) is 13.7. The average Bonchev–Trinajstić information content (AvgIpc) is 2.82. The molecule has 1 aliphatic rings. The van der Waals surface area contributed by atoms with Crippen LogP contribution in [0.15, 0.2) is 35.3 Å². The van der Waals surface area contributed by atoms with Gasteiger partial charge in [0.25, 0.3) is 5.91 Å². The Bertz CT molecular complexity index is 729. The van der Waals surface area contributed by atoms with E-state index in [1.54, 1.807) is 7.05 Å². The molecule has 0 saturated heterocycles. The van der Waals surface area contributed by atoms with E-state index >= 15 is 0 Å². The molecule has 2 aromatic rings. The van der Waals surface area contributed by atoms with Gasteiger partial charge in [0, 0.05) is 13.2 Å². The number of carbonyl (C=O) groups excluding carboxylic acids is 1. The molecule has 2 unspecified atom stereocenters. The van der Waals surface area contributed by atoms with Crippen molar-refractivity contribution in [1.82, 2.24) is 14.9 Å². The largest absolute Gasteiger partial charge is 0.344 e. The number of aromatic amines is 1. The number of aryl methyl sites for hydroxylation is 1. The minimum Gasteiger partial charge on any atom is -0.344 e. The molecule has 5 nitrogen and oxygen atoms in total. The van der Waals surface area contributed by atoms with Gasteiger partial charge in [0.15, 0.2) is 0 Å². The summed E-state index contributed by atoms with van der Waals surface area (Å²) < 4.78 is 1.33. The molecule has 21 heavy (non-hydrogen) atoms. The third kappa shape index (κ3) is 2.39. The van der Waals surface area contributed by atoms with Crippen LogP contribution in [0.25, 0.3) is 0 Å². The van der Waals surface area contributed by atoms with Crippen LogP contribution in [0.5, 0.6) is 0 Å². The molecular formula is C16H19N3O2. The smallest absolute Gasteiger partial charge is 0.325 e. The molecule has 1 heterocycles. The zero-order valence-corrected chi connectivity index (χ0v) is 12.2. The van der Waals surface area contributed by atoms with Crippen LogP contribution in [0.4, 0.5) is 0 Å². The molecule has 1 aromatic carbocycles. The van der Waals surface area contributed by atoms with Gasteiger partial charge in [-0.1, -0.05) is 31.2 Å². The number of hydrogen-bond donors (Lipinski definition) is 2. The highest BCUT2D eigenvalue weighted by molar-refractivity contribution is 5.92. The maximum absolute atomic E-state index is 12.4. The maximum atomic E-state index is 12.4. The molecule has 2 atom stereocenters. The lowest BCUT2D eigenvalue weighted by Gasteiger charge is -2.32. The van der Waals surface area contributed by atoms with E-state index in [1.165, 1.54) is 21.9 Å². The lowest BCUT2D eigenvalue weighted by atomic mass is 9.80. The molecule has 1 amide bonds. The molecule has 110 valence electrons. The highest BCUT2D eigenvalue weighted by Crippen LogP contribution is 2.34. The lowest BCUT2D eigenvalue weighted by Crippen LogP contribution is -2.36. The normalized spacial score (nSPS) is 20.9. The summed E-state index contributed by atoms with van der Waals surface area (Å²) in [6, 6.07) is 8.22. The quantitative estimate of drug-likeness (QED) is 0.883. The molecule has 3 rings (SSSR count). The van der Waals surface area contributed by atoms with Gasteiger partial charge >= 0.3 is 5.69 Å². The molecule has 1 aromatic heterocycles. The van der Waals surface area contributed by atoms with Crippen LogP contribution >= 0.6 is 0 Å². The number of amides is 1. The van der Waals surface area contributed by atoms with Gasteiger partial charge in [-0.25, -0.2) is 4.79 Å². The number of H-pyrrole nitrogens is 1. The van der Waals surface area contributed by atoms with Crippen LogP contribution in [0.1, 0.15) is 41.0 Å². The van der Waals surface area contributed by atoms with Crippen LogP contribution in [0, 0.1) is 5.92 Å². The summed E-state index contributed by atoms with van der Waals surface area (Å²) >= 11 is 0. The van der Waals surface area contributed by atoms with Gasteiger partial charge < -0.3 is 10.3 Å². The van der Waals surface area contributed by atoms with E-state index in [2.05, 4.69) is 29.4 Å². The van der Waals surface area contributed by atoms with Crippen molar-refractivity contribution in [3.8, 4) is 0 Å². The highest BCUT2D eigenvalue weighted by Gasteiger charge is 2.28. The monoisotopic (exact) mass is 285 g/mol. The van der Waals surface area contributed by atoms with Gasteiger partial charge in [-0.05, 0) is 29.9 Å². The van der Waals surface area contributed by atoms with Crippen LogP contribution < -0.4 is 11.0 Å². The fourth-order valence-corrected chi connectivity index (χ4v) is 3.01. The highest BCUT2D eigenvalue weighted by atomic mass is 16.2. The van der Waals surface area contributed by atoms with Gasteiger partial charge in [0.1, 0.15) is 5.69 Å². The van der Waals surface area contributed by atoms with Crippen LogP contribution in [0.3, 0.4) is 0 Å². The number of nitrogens with zero attached hydrogens (tertiary/aromatic N) is 1. The number of hydrogen-bond acceptors (Lipinski definition) is 2. The van der Waals surface area contributed by atoms with E-state index < -0.39 is 0 Å². The van der Waals surface area contributed by atoms with E-state index in [0.717, 1.165) is 12.8 Å². The van der Waals surface area contributed by atoms with E-state index in [1.807, 2.05) is 12.1 Å². The number of fused-ring (bicyclic) bond motifs is 1. The summed E-state index contributed by atoms with van der Waals surface area (Å²) in [4.78, 5) is 26.4. The Morgan fingerprint density at radius 3 is 2.86 bits per heavy atom. The third-order valence-corrected chi connectivity index (χ3v) is 4.35. The summed E-state index contributed by atoms with van der Waals surface area (Å²) in [5.74, 6) is 0.157. The van der Waals surface area contributed by atoms with Gasteiger partial charge in [-0.3, -0.25) is 9.36 Å². The summed E-state index contributed by atoms with van der Waals surface area (Å²) in [7, 11) is 1.59. The molecule has 0 spiro atoms. The van der Waals surface area contributed by atoms with Crippen molar-refractivity contribution in [3.63, 3.8) is 0 Å². The van der Waals surface area contributed by atoms with Gasteiger partial charge in [-0.2, -0.15) is 0 Å². The fourth-order valence-electron chi connectivity index (χ4n) is 3.01. The first-order chi connectivity index (χ1) is 10.1. The Morgan fingerprint density at radius 1 is 1.38 bits per heavy atom. The Hall–Kier alpha value is -2.30. The summed E-state index contributed by atoms with van der Waals surface area (Å²) in [6.07, 6.45) is 3.55. The number of rotatable bonds is 2. The summed E-state index contributed by atoms with van der Waals surface area (Å²) in [6.45, 7) is 2.15. The van der Waals surface area contributed by atoms with Crippen molar-refractivity contribution >= 4 is 5.91 Å². The van der Waals surface area contributed by atoms with Crippen molar-refractivity contribution in [3.05, 3.63) is 57.8 Å². The van der Waals surface area contributed by atoms with Crippen LogP contribution in [-0.4, -0.2) is 15.5 Å². The van der Waals surface area contributed by atoms with Crippen molar-refractivity contribution in [2.75, 3.05) is 0 Å². The predicted molar refractivity (Wildman–Crippen MR) is 80.2 cm³/mol. The van der Waals surface area contributed by atoms with Crippen molar-refractivity contribution in [2.24, 2.45) is 13.0 Å². The minimum atomic E-state index is -0.280. The molecule has 2 N–H and O–H groups in total. The zero-order chi connectivity index (χ0) is 15.0. The SMILES string of the molecule is CC1CCc2ccccc2C1NC(=O)c1c[nH]c(=O)n1C. The van der Waals surface area contributed by atoms with E-state index in [9.17, 15) is 9.59 Å². The third-order valence-electron chi connectivity index (χ3n) is 4.35. The molecule has 0 bridgehead atoms. The molecule has 0 saturated carbocycles. The first-order valence-corrected chi connectivity index (χ1v) is 7.21. The molecular weight excluding hydrogens is 266 g/mol. The van der Waals surface area contributed by atoms with Crippen LogP contribution in [-0.2, 0) is 13.5 Å². The second-order valence-corrected chi connectivity index (χ2v) is 5.70. The topological polar surface area (TPSA) is 66.9 Å². The Balaban J connectivity index is 1.89. The second-order valence-electron chi connectivity index (χ2n) is 5.70. The predicted octanol–water partition coefficient (Wildman–Crippen LogP) is 1.77. The first-order valence-electron chi connectivity index (χ1n) is 7.21. The Kier molecular flexibility index (Phi) is 3.41. The molecule has 5 heteroatoms. The van der Waals surface area contributed by atoms with Gasteiger partial charge in [0.2, 0.25) is 0 Å². The Morgan fingerprint density at radius 2 is 2.14 bits per heavy atom. The maximum Gasteiger partial charge on any atom is 0.325 e. The fraction of sp³-hybridized carbons (Fsp3) is 0.375. The molecule has 1 aliphatic carbocycles. The Labute approximate surface area is 123 Å². The minimum absolute atomic E-state index is 0.00699. The number of nitrogens with one attached hydrogen (secondary N) is 2. The number of imidazole rings is 1. The average molecular weight is 285 g/mol. The lowest BCUT2D eigenvalue weighted by molar-refractivity contribution is 0.0910. The number of carbonyl (C=O) groups is 1.